The summed E-state index contributed by atoms with van der Waals surface area (Å²) in [7, 11) is 0. The van der Waals surface area contributed by atoms with Gasteiger partial charge in [-0.15, -0.1) is 0 Å². The molecule has 0 N–H and O–H groups in total. The second-order valence-electron chi connectivity index (χ2n) is 11.5. The fraction of sp³-hybridized carbons (Fsp3) is 0.533. The first-order chi connectivity index (χ1) is 17.5. The van der Waals surface area contributed by atoms with E-state index >= 15 is 0 Å². The normalized spacial score (nSPS) is 28.2. The molecule has 5 heterocycles. The van der Waals surface area contributed by atoms with Crippen molar-refractivity contribution in [3.8, 4) is 0 Å². The smallest absolute Gasteiger partial charge is 0.340 e. The predicted molar refractivity (Wildman–Crippen MR) is 139 cm³/mol. The van der Waals surface area contributed by atoms with Crippen molar-refractivity contribution in [3.63, 3.8) is 0 Å². The Bertz CT molecular complexity index is 1460. The average molecular weight is 487 g/mol. The highest BCUT2D eigenvalue weighted by Crippen LogP contribution is 2.45. The van der Waals surface area contributed by atoms with E-state index in [1.807, 2.05) is 19.9 Å². The number of hydrogen-bond acceptors (Lipinski definition) is 5. The zero-order valence-corrected chi connectivity index (χ0v) is 21.2. The van der Waals surface area contributed by atoms with Crippen molar-refractivity contribution in [1.29, 1.82) is 0 Å². The minimum atomic E-state index is -0.415. The molecule has 3 aliphatic heterocycles. The van der Waals surface area contributed by atoms with Gasteiger partial charge in [0.2, 0.25) is 5.91 Å². The zero-order chi connectivity index (χ0) is 24.6. The van der Waals surface area contributed by atoms with Crippen LogP contribution in [-0.4, -0.2) is 47.4 Å². The van der Waals surface area contributed by atoms with E-state index in [0.29, 0.717) is 34.6 Å². The molecule has 1 amide bonds. The van der Waals surface area contributed by atoms with E-state index < -0.39 is 5.63 Å². The largest absolute Gasteiger partial charge is 0.464 e. The van der Waals surface area contributed by atoms with Gasteiger partial charge in [0.1, 0.15) is 11.2 Å². The van der Waals surface area contributed by atoms with Gasteiger partial charge in [0.25, 0.3) is 0 Å². The van der Waals surface area contributed by atoms with Crippen molar-refractivity contribution in [2.45, 2.75) is 70.9 Å². The van der Waals surface area contributed by atoms with Crippen molar-refractivity contribution in [2.24, 2.45) is 11.8 Å². The van der Waals surface area contributed by atoms with Crippen molar-refractivity contribution >= 4 is 27.8 Å². The first-order valence-electron chi connectivity index (χ1n) is 13.7. The van der Waals surface area contributed by atoms with Gasteiger partial charge in [-0.2, -0.15) is 0 Å². The summed E-state index contributed by atoms with van der Waals surface area (Å²) in [5, 5.41) is 1.88. The number of amides is 1. The average Bonchev–Trinajstić information content (AvgIpc) is 3.24. The number of likely N-dealkylation sites (tertiary alicyclic amines) is 1. The van der Waals surface area contributed by atoms with E-state index in [2.05, 4.69) is 15.9 Å². The maximum Gasteiger partial charge on any atom is 0.340 e. The molecule has 2 unspecified atom stereocenters. The van der Waals surface area contributed by atoms with Crippen LogP contribution >= 0.6 is 0 Å². The molecule has 0 radical (unpaired) electrons. The SMILES string of the molecule is Cc1coc2cc3oc(=O)c(CC(=O)N4CCCC5=CC6CC(CN7CCCC[C@H]67)[C@@H]54)c(C)c3cc12. The Balaban J connectivity index is 1.21. The Morgan fingerprint density at radius 1 is 1.08 bits per heavy atom. The molecule has 2 bridgehead atoms. The first-order valence-corrected chi connectivity index (χ1v) is 13.7. The molecule has 3 aromatic rings. The number of carbonyl (C=O) groups excluding carboxylic acids is 1. The number of aryl methyl sites for hydroxylation is 2. The van der Waals surface area contributed by atoms with Crippen LogP contribution < -0.4 is 5.63 Å². The lowest BCUT2D eigenvalue weighted by molar-refractivity contribution is -0.135. The monoisotopic (exact) mass is 486 g/mol. The minimum absolute atomic E-state index is 0.0557. The first kappa shape index (κ1) is 22.3. The molecule has 2 aromatic heterocycles. The molecular formula is C30H34N2O4. The van der Waals surface area contributed by atoms with Crippen LogP contribution in [0.25, 0.3) is 21.9 Å². The van der Waals surface area contributed by atoms with Crippen molar-refractivity contribution < 1.29 is 13.6 Å². The highest BCUT2D eigenvalue weighted by atomic mass is 16.4. The van der Waals surface area contributed by atoms with E-state index in [4.69, 9.17) is 8.83 Å². The van der Waals surface area contributed by atoms with Crippen LogP contribution in [0.15, 0.2) is 43.7 Å². The lowest BCUT2D eigenvalue weighted by atomic mass is 9.68. The van der Waals surface area contributed by atoms with E-state index in [1.165, 1.54) is 37.8 Å². The van der Waals surface area contributed by atoms with E-state index in [9.17, 15) is 9.59 Å². The topological polar surface area (TPSA) is 66.9 Å². The summed E-state index contributed by atoms with van der Waals surface area (Å²) in [6.45, 7) is 7.02. The summed E-state index contributed by atoms with van der Waals surface area (Å²) >= 11 is 0. The van der Waals surface area contributed by atoms with Crippen LogP contribution in [0.3, 0.4) is 0 Å². The van der Waals surface area contributed by atoms with Crippen LogP contribution in [0.1, 0.15) is 55.2 Å². The zero-order valence-electron chi connectivity index (χ0n) is 21.2. The second kappa shape index (κ2) is 8.34. The number of nitrogens with zero attached hydrogens (tertiary/aromatic N) is 2. The molecule has 4 atom stereocenters. The predicted octanol–water partition coefficient (Wildman–Crippen LogP) is 5.12. The fourth-order valence-electron chi connectivity index (χ4n) is 7.75. The number of furan rings is 1. The van der Waals surface area contributed by atoms with Crippen LogP contribution in [0.2, 0.25) is 0 Å². The maximum atomic E-state index is 13.8. The molecule has 7 rings (SSSR count). The van der Waals surface area contributed by atoms with Crippen molar-refractivity contribution in [1.82, 2.24) is 9.80 Å². The molecule has 0 saturated carbocycles. The standard InChI is InChI=1S/C30H34N2O4/c1-17-16-35-26-14-27-23(12-22(17)26)18(2)24(30(34)36-27)13-28(33)32-9-5-6-19-10-20-11-21(29(19)32)15-31-8-4-3-7-25(20)31/h10,12,14,16,20-21,25,29H,3-9,11,13,15H2,1-2H3/t20?,21?,25-,29-/m1/s1. The third kappa shape index (κ3) is 3.41. The summed E-state index contributed by atoms with van der Waals surface area (Å²) in [4.78, 5) is 31.7. The quantitative estimate of drug-likeness (QED) is 0.372. The summed E-state index contributed by atoms with van der Waals surface area (Å²) in [5.74, 6) is 1.20. The number of benzene rings is 1. The van der Waals surface area contributed by atoms with Gasteiger partial charge < -0.3 is 13.7 Å². The Hall–Kier alpha value is -2.86. The van der Waals surface area contributed by atoms with E-state index in [0.717, 1.165) is 47.8 Å². The molecule has 6 heteroatoms. The maximum absolute atomic E-state index is 13.8. The van der Waals surface area contributed by atoms with Gasteiger partial charge >= 0.3 is 5.63 Å². The fourth-order valence-corrected chi connectivity index (χ4v) is 7.75. The van der Waals surface area contributed by atoms with Crippen LogP contribution in [0.4, 0.5) is 0 Å². The number of carbonyl (C=O) groups is 1. The Morgan fingerprint density at radius 3 is 2.86 bits per heavy atom. The van der Waals surface area contributed by atoms with E-state index in [-0.39, 0.29) is 18.4 Å². The molecule has 6 nitrogen and oxygen atoms in total. The van der Waals surface area contributed by atoms with Gasteiger partial charge in [0.15, 0.2) is 0 Å². The van der Waals surface area contributed by atoms with Crippen LogP contribution in [-0.2, 0) is 11.2 Å². The van der Waals surface area contributed by atoms with Gasteiger partial charge in [-0.25, -0.2) is 4.79 Å². The summed E-state index contributed by atoms with van der Waals surface area (Å²) < 4.78 is 11.3. The summed E-state index contributed by atoms with van der Waals surface area (Å²) in [6, 6.07) is 4.70. The molecule has 0 spiro atoms. The van der Waals surface area contributed by atoms with Crippen LogP contribution in [0.5, 0.6) is 0 Å². The summed E-state index contributed by atoms with van der Waals surface area (Å²) in [5.41, 5.74) is 4.64. The number of hydrogen-bond donors (Lipinski definition) is 0. The Morgan fingerprint density at radius 2 is 1.97 bits per heavy atom. The molecule has 1 aliphatic carbocycles. The lowest BCUT2D eigenvalue weighted by Gasteiger charge is -2.54. The molecule has 4 aliphatic rings. The van der Waals surface area contributed by atoms with Crippen LogP contribution in [0, 0.1) is 25.7 Å². The molecule has 36 heavy (non-hydrogen) atoms. The minimum Gasteiger partial charge on any atom is -0.464 e. The van der Waals surface area contributed by atoms with Gasteiger partial charge in [0, 0.05) is 36.0 Å². The highest BCUT2D eigenvalue weighted by molar-refractivity contribution is 5.96. The van der Waals surface area contributed by atoms with Crippen molar-refractivity contribution in [3.05, 3.63) is 57.2 Å². The number of piperidine rings is 3. The molecular weight excluding hydrogens is 452 g/mol. The Labute approximate surface area is 210 Å². The third-order valence-corrected chi connectivity index (χ3v) is 9.48. The number of fused-ring (bicyclic) bond motifs is 8. The van der Waals surface area contributed by atoms with Gasteiger partial charge in [0.05, 0.1) is 24.3 Å². The molecule has 1 aromatic carbocycles. The van der Waals surface area contributed by atoms with Gasteiger partial charge in [-0.05, 0) is 81.5 Å². The third-order valence-electron chi connectivity index (χ3n) is 9.48. The molecule has 3 fully saturated rings. The Kier molecular flexibility index (Phi) is 5.18. The summed E-state index contributed by atoms with van der Waals surface area (Å²) in [6.07, 6.45) is 11.6. The van der Waals surface area contributed by atoms with Gasteiger partial charge in [-0.1, -0.05) is 18.1 Å². The lowest BCUT2D eigenvalue weighted by Crippen LogP contribution is -2.60. The molecule has 188 valence electrons. The number of rotatable bonds is 2. The second-order valence-corrected chi connectivity index (χ2v) is 11.5. The highest BCUT2D eigenvalue weighted by Gasteiger charge is 2.46. The van der Waals surface area contributed by atoms with E-state index in [1.54, 1.807) is 12.3 Å². The molecule has 3 saturated heterocycles. The van der Waals surface area contributed by atoms with Gasteiger partial charge in [-0.3, -0.25) is 9.69 Å². The van der Waals surface area contributed by atoms with Crippen molar-refractivity contribution in [2.75, 3.05) is 19.6 Å².